The summed E-state index contributed by atoms with van der Waals surface area (Å²) in [4.78, 5) is 16.5. The van der Waals surface area contributed by atoms with Crippen molar-refractivity contribution in [1.82, 2.24) is 9.55 Å². The number of hydrogen-bond donors (Lipinski definition) is 0. The van der Waals surface area contributed by atoms with Crippen molar-refractivity contribution in [2.45, 2.75) is 39.3 Å². The highest BCUT2D eigenvalue weighted by molar-refractivity contribution is 9.10. The van der Waals surface area contributed by atoms with Crippen LogP contribution in [0.5, 0.6) is 0 Å². The van der Waals surface area contributed by atoms with E-state index in [1.54, 1.807) is 19.3 Å². The average molecular weight is 399 g/mol. The number of esters is 1. The fourth-order valence-electron chi connectivity index (χ4n) is 2.16. The molecule has 0 unspecified atom stereocenters. The van der Waals surface area contributed by atoms with Crippen molar-refractivity contribution in [2.75, 3.05) is 13.2 Å². The molecule has 0 saturated carbocycles. The molecule has 7 heteroatoms. The predicted octanol–water partition coefficient (Wildman–Crippen LogP) is 4.29. The molecule has 0 aliphatic rings. The van der Waals surface area contributed by atoms with Crippen LogP contribution in [-0.2, 0) is 16.2 Å². The fourth-order valence-corrected chi connectivity index (χ4v) is 3.24. The molecule has 126 valence electrons. The monoisotopic (exact) mass is 398 g/mol. The SMILES string of the molecule is CCOC(=O)c1cn(COCC[Si](C)(C)C)c2ncc(Br)cc12. The highest BCUT2D eigenvalue weighted by Crippen LogP contribution is 2.24. The Hall–Kier alpha value is -1.18. The average Bonchev–Trinajstić information content (AvgIpc) is 2.81. The van der Waals surface area contributed by atoms with Crippen LogP contribution < -0.4 is 0 Å². The van der Waals surface area contributed by atoms with Crippen molar-refractivity contribution in [3.8, 4) is 0 Å². The summed E-state index contributed by atoms with van der Waals surface area (Å²) in [6.07, 6.45) is 3.48. The van der Waals surface area contributed by atoms with Crippen molar-refractivity contribution < 1.29 is 14.3 Å². The first kappa shape index (κ1) is 18.2. The van der Waals surface area contributed by atoms with Crippen LogP contribution in [0, 0.1) is 0 Å². The molecule has 0 aromatic carbocycles. The fraction of sp³-hybridized carbons (Fsp3) is 0.500. The van der Waals surface area contributed by atoms with E-state index in [0.29, 0.717) is 18.9 Å². The molecule has 0 aliphatic heterocycles. The number of rotatable bonds is 7. The van der Waals surface area contributed by atoms with E-state index in [4.69, 9.17) is 9.47 Å². The summed E-state index contributed by atoms with van der Waals surface area (Å²) in [5.41, 5.74) is 1.24. The second-order valence-electron chi connectivity index (χ2n) is 6.61. The Balaban J connectivity index is 2.21. The van der Waals surface area contributed by atoms with Crippen molar-refractivity contribution in [1.29, 1.82) is 0 Å². The van der Waals surface area contributed by atoms with Crippen LogP contribution in [0.2, 0.25) is 25.7 Å². The third-order valence-electron chi connectivity index (χ3n) is 3.40. The maximum absolute atomic E-state index is 12.1. The number of fused-ring (bicyclic) bond motifs is 1. The molecule has 2 heterocycles. The number of carbonyl (C=O) groups excluding carboxylic acids is 1. The highest BCUT2D eigenvalue weighted by atomic mass is 79.9. The summed E-state index contributed by atoms with van der Waals surface area (Å²) in [5, 5.41) is 0.770. The lowest BCUT2D eigenvalue weighted by molar-refractivity contribution is 0.0527. The zero-order valence-electron chi connectivity index (χ0n) is 14.1. The molecule has 0 N–H and O–H groups in total. The molecular formula is C16H23BrN2O3Si. The van der Waals surface area contributed by atoms with E-state index in [-0.39, 0.29) is 5.97 Å². The van der Waals surface area contributed by atoms with Crippen LogP contribution in [0.1, 0.15) is 17.3 Å². The van der Waals surface area contributed by atoms with Crippen LogP contribution in [0.25, 0.3) is 11.0 Å². The molecule has 0 saturated heterocycles. The maximum atomic E-state index is 12.1. The van der Waals surface area contributed by atoms with Gasteiger partial charge in [0.1, 0.15) is 12.4 Å². The lowest BCUT2D eigenvalue weighted by Crippen LogP contribution is -2.22. The Kier molecular flexibility index (Phi) is 5.99. The summed E-state index contributed by atoms with van der Waals surface area (Å²) < 4.78 is 13.6. The number of hydrogen-bond acceptors (Lipinski definition) is 4. The van der Waals surface area contributed by atoms with Crippen LogP contribution in [0.3, 0.4) is 0 Å². The third-order valence-corrected chi connectivity index (χ3v) is 5.54. The molecule has 5 nitrogen and oxygen atoms in total. The molecular weight excluding hydrogens is 376 g/mol. The van der Waals surface area contributed by atoms with Gasteiger partial charge in [-0.05, 0) is 35.0 Å². The van der Waals surface area contributed by atoms with Gasteiger partial charge in [0.15, 0.2) is 0 Å². The first-order valence-electron chi connectivity index (χ1n) is 7.71. The standard InChI is InChI=1S/C16H23BrN2O3Si/c1-5-22-16(20)14-10-19(11-21-6-7-23(2,3)4)15-13(14)8-12(17)9-18-15/h8-10H,5-7,11H2,1-4H3. The van der Waals surface area contributed by atoms with Gasteiger partial charge in [-0.2, -0.15) is 0 Å². The number of pyridine rings is 1. The summed E-state index contributed by atoms with van der Waals surface area (Å²) in [7, 11) is -1.11. The van der Waals surface area contributed by atoms with E-state index < -0.39 is 8.07 Å². The van der Waals surface area contributed by atoms with Gasteiger partial charge in [-0.1, -0.05) is 19.6 Å². The molecule has 0 radical (unpaired) electrons. The largest absolute Gasteiger partial charge is 0.462 e. The van der Waals surface area contributed by atoms with Gasteiger partial charge in [0.2, 0.25) is 0 Å². The molecule has 0 atom stereocenters. The molecule has 2 rings (SSSR count). The van der Waals surface area contributed by atoms with Crippen molar-refractivity contribution >= 4 is 41.0 Å². The summed E-state index contributed by atoms with van der Waals surface area (Å²) in [6.45, 7) is 10.2. The number of ether oxygens (including phenoxy) is 2. The second-order valence-corrected chi connectivity index (χ2v) is 13.1. The van der Waals surface area contributed by atoms with Gasteiger partial charge in [0.05, 0.1) is 12.2 Å². The van der Waals surface area contributed by atoms with Crippen molar-refractivity contribution in [3.63, 3.8) is 0 Å². The Morgan fingerprint density at radius 3 is 2.78 bits per heavy atom. The molecule has 0 fully saturated rings. The first-order valence-corrected chi connectivity index (χ1v) is 12.2. The minimum absolute atomic E-state index is 0.335. The van der Waals surface area contributed by atoms with E-state index in [0.717, 1.165) is 28.2 Å². The van der Waals surface area contributed by atoms with Crippen LogP contribution in [-0.4, -0.2) is 36.8 Å². The molecule has 0 bridgehead atoms. The Morgan fingerprint density at radius 2 is 2.13 bits per heavy atom. The van der Waals surface area contributed by atoms with Crippen LogP contribution in [0.15, 0.2) is 22.9 Å². The summed E-state index contributed by atoms with van der Waals surface area (Å²) in [6, 6.07) is 2.99. The maximum Gasteiger partial charge on any atom is 0.340 e. The first-order chi connectivity index (χ1) is 10.8. The van der Waals surface area contributed by atoms with Crippen LogP contribution in [0.4, 0.5) is 0 Å². The van der Waals surface area contributed by atoms with Crippen molar-refractivity contribution in [3.05, 3.63) is 28.5 Å². The van der Waals surface area contributed by atoms with E-state index in [1.807, 2.05) is 10.6 Å². The third kappa shape index (κ3) is 4.89. The van der Waals surface area contributed by atoms with Gasteiger partial charge in [-0.25, -0.2) is 9.78 Å². The molecule has 0 spiro atoms. The van der Waals surface area contributed by atoms with Crippen LogP contribution >= 0.6 is 15.9 Å². The Bertz CT molecular complexity index is 694. The number of carbonyl (C=O) groups is 1. The second kappa shape index (κ2) is 7.59. The van der Waals surface area contributed by atoms with E-state index in [2.05, 4.69) is 40.6 Å². The molecule has 2 aromatic rings. The van der Waals surface area contributed by atoms with Crippen molar-refractivity contribution in [2.24, 2.45) is 0 Å². The predicted molar refractivity (Wildman–Crippen MR) is 97.5 cm³/mol. The number of halogens is 1. The summed E-state index contributed by atoms with van der Waals surface area (Å²) in [5.74, 6) is -0.335. The highest BCUT2D eigenvalue weighted by Gasteiger charge is 2.18. The Labute approximate surface area is 146 Å². The van der Waals surface area contributed by atoms with Gasteiger partial charge in [0, 0.05) is 36.9 Å². The van der Waals surface area contributed by atoms with E-state index in [9.17, 15) is 4.79 Å². The zero-order chi connectivity index (χ0) is 17.0. The summed E-state index contributed by atoms with van der Waals surface area (Å²) >= 11 is 3.40. The minimum Gasteiger partial charge on any atom is -0.462 e. The molecule has 0 amide bonds. The van der Waals surface area contributed by atoms with Gasteiger partial charge < -0.3 is 14.0 Å². The van der Waals surface area contributed by atoms with Gasteiger partial charge in [0.25, 0.3) is 0 Å². The van der Waals surface area contributed by atoms with Gasteiger partial charge in [-0.3, -0.25) is 0 Å². The van der Waals surface area contributed by atoms with Gasteiger partial charge >= 0.3 is 5.97 Å². The van der Waals surface area contributed by atoms with E-state index in [1.165, 1.54) is 0 Å². The smallest absolute Gasteiger partial charge is 0.340 e. The molecule has 23 heavy (non-hydrogen) atoms. The molecule has 0 aliphatic carbocycles. The number of nitrogens with zero attached hydrogens (tertiary/aromatic N) is 2. The zero-order valence-corrected chi connectivity index (χ0v) is 16.6. The lowest BCUT2D eigenvalue weighted by atomic mass is 10.2. The normalized spacial score (nSPS) is 11.9. The minimum atomic E-state index is -1.11. The number of aromatic nitrogens is 2. The Morgan fingerprint density at radius 1 is 1.39 bits per heavy atom. The lowest BCUT2D eigenvalue weighted by Gasteiger charge is -2.15. The molecule has 2 aromatic heterocycles. The van der Waals surface area contributed by atoms with E-state index >= 15 is 0 Å². The topological polar surface area (TPSA) is 53.4 Å². The van der Waals surface area contributed by atoms with Gasteiger partial charge in [-0.15, -0.1) is 0 Å². The quantitative estimate of drug-likeness (QED) is 0.396.